The van der Waals surface area contributed by atoms with E-state index in [9.17, 15) is 4.79 Å². The van der Waals surface area contributed by atoms with Crippen LogP contribution >= 0.6 is 11.8 Å². The van der Waals surface area contributed by atoms with Crippen molar-refractivity contribution in [1.29, 1.82) is 0 Å². The van der Waals surface area contributed by atoms with Crippen LogP contribution in [0.15, 0.2) is 35.7 Å². The molecule has 1 aromatic heterocycles. The van der Waals surface area contributed by atoms with Gasteiger partial charge in [0.05, 0.1) is 17.9 Å². The van der Waals surface area contributed by atoms with Gasteiger partial charge in [-0.3, -0.25) is 4.79 Å². The Morgan fingerprint density at radius 3 is 2.81 bits per heavy atom. The van der Waals surface area contributed by atoms with Gasteiger partial charge in [-0.05, 0) is 25.8 Å². The zero-order chi connectivity index (χ0) is 18.7. The van der Waals surface area contributed by atoms with Crippen molar-refractivity contribution >= 4 is 17.7 Å². The van der Waals surface area contributed by atoms with Gasteiger partial charge in [0.1, 0.15) is 12.1 Å². The fourth-order valence-electron chi connectivity index (χ4n) is 3.02. The van der Waals surface area contributed by atoms with Crippen molar-refractivity contribution in [2.45, 2.75) is 56.6 Å². The maximum absolute atomic E-state index is 13.0. The molecule has 7 heteroatoms. The number of carbonyl (C=O) groups is 1. The Morgan fingerprint density at radius 1 is 1.31 bits per heavy atom. The fraction of sp³-hybridized carbons (Fsp3) is 0.526. The molecule has 0 unspecified atom stereocenters. The molecule has 0 spiro atoms. The van der Waals surface area contributed by atoms with Crippen molar-refractivity contribution in [2.75, 3.05) is 6.61 Å². The molecular formula is C19H26N4O2S. The van der Waals surface area contributed by atoms with Gasteiger partial charge in [0, 0.05) is 18.0 Å². The number of nitrogens with one attached hydrogen (secondary N) is 1. The summed E-state index contributed by atoms with van der Waals surface area (Å²) in [6.45, 7) is 8.90. The van der Waals surface area contributed by atoms with Gasteiger partial charge in [-0.25, -0.2) is 0 Å². The molecule has 1 amide bonds. The monoisotopic (exact) mass is 374 g/mol. The summed E-state index contributed by atoms with van der Waals surface area (Å²) in [5, 5.41) is 12.0. The predicted octanol–water partition coefficient (Wildman–Crippen LogP) is 3.62. The zero-order valence-corrected chi connectivity index (χ0v) is 16.5. The first kappa shape index (κ1) is 18.8. The van der Waals surface area contributed by atoms with Crippen LogP contribution in [-0.4, -0.2) is 32.5 Å². The molecule has 2 atom stereocenters. The second-order valence-electron chi connectivity index (χ2n) is 7.13. The van der Waals surface area contributed by atoms with Gasteiger partial charge in [0.15, 0.2) is 5.16 Å². The Labute approximate surface area is 158 Å². The molecule has 6 nitrogen and oxygen atoms in total. The van der Waals surface area contributed by atoms with Gasteiger partial charge in [0.2, 0.25) is 5.91 Å². The number of para-hydroxylation sites is 1. The molecule has 2 heterocycles. The maximum atomic E-state index is 13.0. The van der Waals surface area contributed by atoms with E-state index in [-0.39, 0.29) is 29.2 Å². The molecule has 0 aliphatic carbocycles. The summed E-state index contributed by atoms with van der Waals surface area (Å²) < 4.78 is 7.69. The number of rotatable bonds is 6. The molecule has 2 aromatic rings. The number of hydrogen-bond acceptors (Lipinski definition) is 5. The Hall–Kier alpha value is -2.02. The molecule has 0 saturated carbocycles. The van der Waals surface area contributed by atoms with E-state index in [0.717, 1.165) is 22.9 Å². The van der Waals surface area contributed by atoms with Gasteiger partial charge >= 0.3 is 0 Å². The summed E-state index contributed by atoms with van der Waals surface area (Å²) >= 11 is 1.48. The lowest BCUT2D eigenvalue weighted by Crippen LogP contribution is -2.40. The van der Waals surface area contributed by atoms with E-state index in [0.29, 0.717) is 6.61 Å². The highest BCUT2D eigenvalue weighted by Gasteiger charge is 2.30. The van der Waals surface area contributed by atoms with Gasteiger partial charge in [0.25, 0.3) is 0 Å². The number of benzene rings is 1. The first-order valence-corrected chi connectivity index (χ1v) is 9.93. The fourth-order valence-corrected chi connectivity index (χ4v) is 4.17. The number of hydrogen-bond donors (Lipinski definition) is 1. The minimum atomic E-state index is -0.230. The van der Waals surface area contributed by atoms with Gasteiger partial charge in [-0.1, -0.05) is 43.8 Å². The van der Waals surface area contributed by atoms with Crippen molar-refractivity contribution in [3.05, 3.63) is 36.2 Å². The normalized spacial score (nSPS) is 17.7. The third-order valence-corrected chi connectivity index (χ3v) is 5.98. The summed E-state index contributed by atoms with van der Waals surface area (Å²) in [6, 6.07) is 8.14. The summed E-state index contributed by atoms with van der Waals surface area (Å²) in [7, 11) is 0. The topological polar surface area (TPSA) is 69.0 Å². The first-order valence-electron chi connectivity index (χ1n) is 9.05. The zero-order valence-electron chi connectivity index (χ0n) is 15.7. The lowest BCUT2D eigenvalue weighted by molar-refractivity contribution is -0.122. The average Bonchev–Trinajstić information content (AvgIpc) is 3.08. The second-order valence-corrected chi connectivity index (χ2v) is 8.24. The Bertz CT molecular complexity index is 760. The lowest BCUT2D eigenvalue weighted by atomic mass is 10.00. The quantitative estimate of drug-likeness (QED) is 0.782. The summed E-state index contributed by atoms with van der Waals surface area (Å²) in [5.74, 6) is 1.06. The Balaban J connectivity index is 1.75. The SMILES string of the molecule is CC(C)[C@@H](Sc1nncn1C(C)C)C(=O)N[C@@H]1CCOc2ccccc21. The molecule has 1 aliphatic heterocycles. The number of ether oxygens (including phenoxy) is 1. The highest BCUT2D eigenvalue weighted by Crippen LogP contribution is 2.33. The van der Waals surface area contributed by atoms with E-state index in [4.69, 9.17) is 4.74 Å². The van der Waals surface area contributed by atoms with Crippen LogP contribution in [0.5, 0.6) is 5.75 Å². The number of thioether (sulfide) groups is 1. The highest BCUT2D eigenvalue weighted by atomic mass is 32.2. The number of nitrogens with zero attached hydrogens (tertiary/aromatic N) is 3. The van der Waals surface area contributed by atoms with Crippen molar-refractivity contribution in [2.24, 2.45) is 5.92 Å². The van der Waals surface area contributed by atoms with E-state index in [1.807, 2.05) is 28.8 Å². The van der Waals surface area contributed by atoms with Gasteiger partial charge in [-0.15, -0.1) is 10.2 Å². The number of fused-ring (bicyclic) bond motifs is 1. The maximum Gasteiger partial charge on any atom is 0.234 e. The second kappa shape index (κ2) is 8.12. The Morgan fingerprint density at radius 2 is 2.08 bits per heavy atom. The number of amides is 1. The van der Waals surface area contributed by atoms with Crippen LogP contribution in [-0.2, 0) is 4.79 Å². The van der Waals surface area contributed by atoms with Crippen LogP contribution < -0.4 is 10.1 Å². The minimum Gasteiger partial charge on any atom is -0.493 e. The minimum absolute atomic E-state index is 0.0164. The van der Waals surface area contributed by atoms with Crippen LogP contribution in [0.2, 0.25) is 0 Å². The van der Waals surface area contributed by atoms with Gasteiger partial charge < -0.3 is 14.6 Å². The smallest absolute Gasteiger partial charge is 0.234 e. The van der Waals surface area contributed by atoms with Crippen LogP contribution in [0.25, 0.3) is 0 Å². The van der Waals surface area contributed by atoms with Crippen molar-refractivity contribution in [3.8, 4) is 5.75 Å². The third kappa shape index (κ3) is 4.03. The molecule has 3 rings (SSSR count). The molecule has 1 N–H and O–H groups in total. The summed E-state index contributed by atoms with van der Waals surface area (Å²) in [4.78, 5) is 13.0. The standard InChI is InChI=1S/C19H26N4O2S/c1-12(2)17(26-19-22-20-11-23(19)13(3)4)18(24)21-15-9-10-25-16-8-6-5-7-14(15)16/h5-8,11-13,15,17H,9-10H2,1-4H3,(H,21,24)/t15-,17-/m1/s1. The molecule has 0 saturated heterocycles. The molecule has 1 aromatic carbocycles. The molecule has 26 heavy (non-hydrogen) atoms. The summed E-state index contributed by atoms with van der Waals surface area (Å²) in [5.41, 5.74) is 1.05. The van der Waals surface area contributed by atoms with E-state index in [1.165, 1.54) is 11.8 Å². The Kier molecular flexibility index (Phi) is 5.86. The molecule has 0 fully saturated rings. The highest BCUT2D eigenvalue weighted by molar-refractivity contribution is 8.00. The van der Waals surface area contributed by atoms with Gasteiger partial charge in [-0.2, -0.15) is 0 Å². The van der Waals surface area contributed by atoms with Crippen molar-refractivity contribution < 1.29 is 9.53 Å². The van der Waals surface area contributed by atoms with E-state index < -0.39 is 0 Å². The van der Waals surface area contributed by atoms with E-state index in [1.54, 1.807) is 6.33 Å². The lowest BCUT2D eigenvalue weighted by Gasteiger charge is -2.29. The third-order valence-electron chi connectivity index (χ3n) is 4.47. The number of aromatic nitrogens is 3. The average molecular weight is 375 g/mol. The van der Waals surface area contributed by atoms with Crippen LogP contribution in [0, 0.1) is 5.92 Å². The van der Waals surface area contributed by atoms with E-state index >= 15 is 0 Å². The van der Waals surface area contributed by atoms with Crippen molar-refractivity contribution in [1.82, 2.24) is 20.1 Å². The molecule has 1 aliphatic rings. The van der Waals surface area contributed by atoms with Crippen LogP contribution in [0.3, 0.4) is 0 Å². The molecular weight excluding hydrogens is 348 g/mol. The summed E-state index contributed by atoms with van der Waals surface area (Å²) in [6.07, 6.45) is 2.50. The van der Waals surface area contributed by atoms with Crippen molar-refractivity contribution in [3.63, 3.8) is 0 Å². The first-order chi connectivity index (χ1) is 12.5. The predicted molar refractivity (Wildman–Crippen MR) is 102 cm³/mol. The molecule has 140 valence electrons. The van der Waals surface area contributed by atoms with Crippen LogP contribution in [0.4, 0.5) is 0 Å². The molecule has 0 bridgehead atoms. The molecule has 0 radical (unpaired) electrons. The van der Waals surface area contributed by atoms with E-state index in [2.05, 4.69) is 43.2 Å². The number of carbonyl (C=O) groups excluding carboxylic acids is 1. The van der Waals surface area contributed by atoms with Crippen LogP contribution in [0.1, 0.15) is 51.8 Å². The largest absolute Gasteiger partial charge is 0.493 e.